The molecule has 4 heteroatoms. The maximum Gasteiger partial charge on any atom is 0.112 e. The number of carbonyl (C=O) groups is 1. The van der Waals surface area contributed by atoms with Gasteiger partial charge in [0.2, 0.25) is 0 Å². The number of rotatable bonds is 3. The summed E-state index contributed by atoms with van der Waals surface area (Å²) < 4.78 is 0. The minimum atomic E-state index is -0.869. The van der Waals surface area contributed by atoms with Crippen LogP contribution in [0.15, 0.2) is 11.4 Å². The van der Waals surface area contributed by atoms with E-state index in [4.69, 9.17) is 0 Å². The quantitative estimate of drug-likeness (QED) is 0.780. The van der Waals surface area contributed by atoms with E-state index in [9.17, 15) is 9.90 Å². The number of aryl methyl sites for hydroxylation is 1. The van der Waals surface area contributed by atoms with Crippen molar-refractivity contribution in [3.63, 3.8) is 0 Å². The van der Waals surface area contributed by atoms with Crippen LogP contribution in [0.2, 0.25) is 0 Å². The van der Waals surface area contributed by atoms with Gasteiger partial charge in [-0.05, 0) is 23.9 Å². The minimum absolute atomic E-state index is 0.215. The van der Waals surface area contributed by atoms with Gasteiger partial charge in [-0.2, -0.15) is 0 Å². The number of nitrogens with one attached hydrogen (secondary N) is 1. The highest BCUT2D eigenvalue weighted by atomic mass is 32.1. The van der Waals surface area contributed by atoms with Crippen molar-refractivity contribution >= 4 is 17.3 Å². The first-order valence-corrected chi connectivity index (χ1v) is 6.62. The van der Waals surface area contributed by atoms with E-state index >= 15 is 0 Å². The molecule has 2 rings (SSSR count). The molecular weight excluding hydrogens is 222 g/mol. The zero-order chi connectivity index (χ0) is 11.5. The molecule has 0 aliphatic carbocycles. The van der Waals surface area contributed by atoms with Crippen LogP contribution in [-0.2, 0) is 11.3 Å². The molecule has 3 nitrogen and oxygen atoms in total. The molecule has 0 spiro atoms. The summed E-state index contributed by atoms with van der Waals surface area (Å²) in [6.07, 6.45) is 1.53. The summed E-state index contributed by atoms with van der Waals surface area (Å²) >= 11 is 1.80. The molecule has 1 aromatic heterocycles. The topological polar surface area (TPSA) is 44.6 Å². The number of carboxylic acid groups (broad SMARTS) is 1. The Labute approximate surface area is 99.7 Å². The second-order valence-electron chi connectivity index (χ2n) is 4.55. The first-order valence-electron chi connectivity index (χ1n) is 5.74. The number of thiophene rings is 1. The van der Waals surface area contributed by atoms with E-state index in [2.05, 4.69) is 18.4 Å². The van der Waals surface area contributed by atoms with Crippen molar-refractivity contribution in [1.82, 2.24) is 0 Å². The van der Waals surface area contributed by atoms with Gasteiger partial charge in [0.25, 0.3) is 0 Å². The predicted molar refractivity (Wildman–Crippen MR) is 61.2 cm³/mol. The normalized spacial score (nSPS) is 25.6. The molecule has 1 aliphatic rings. The lowest BCUT2D eigenvalue weighted by Gasteiger charge is -2.29. The van der Waals surface area contributed by atoms with Gasteiger partial charge in [-0.15, -0.1) is 11.3 Å². The standard InChI is InChI=1S/C12H17NO2S/c1-9-4-7-16-11(9)8-13-5-2-10(3-6-13)12(14)15/h4,7,10H,2-3,5-6,8H2,1H3,(H,14,15). The van der Waals surface area contributed by atoms with Crippen LogP contribution >= 0.6 is 11.3 Å². The van der Waals surface area contributed by atoms with Crippen LogP contribution in [0.1, 0.15) is 23.3 Å². The fourth-order valence-corrected chi connectivity index (χ4v) is 3.23. The average molecular weight is 239 g/mol. The lowest BCUT2D eigenvalue weighted by Crippen LogP contribution is -3.11. The Morgan fingerprint density at radius 2 is 2.25 bits per heavy atom. The van der Waals surface area contributed by atoms with Crippen molar-refractivity contribution < 1.29 is 14.8 Å². The zero-order valence-corrected chi connectivity index (χ0v) is 10.3. The summed E-state index contributed by atoms with van der Waals surface area (Å²) in [5, 5.41) is 12.8. The fraction of sp³-hybridized carbons (Fsp3) is 0.583. The minimum Gasteiger partial charge on any atom is -0.550 e. The molecule has 1 fully saturated rings. The third kappa shape index (κ3) is 2.62. The van der Waals surface area contributed by atoms with Crippen molar-refractivity contribution in [2.75, 3.05) is 13.1 Å². The number of carbonyl (C=O) groups excluding carboxylic acids is 1. The van der Waals surface area contributed by atoms with E-state index in [-0.39, 0.29) is 5.92 Å². The first kappa shape index (κ1) is 11.6. The summed E-state index contributed by atoms with van der Waals surface area (Å²) in [6.45, 7) is 5.09. The van der Waals surface area contributed by atoms with E-state index in [0.717, 1.165) is 32.5 Å². The molecule has 1 aliphatic heterocycles. The Balaban J connectivity index is 1.86. The second-order valence-corrected chi connectivity index (χ2v) is 5.55. The molecule has 0 radical (unpaired) electrons. The SMILES string of the molecule is Cc1ccsc1C[NH+]1CCC(C(=O)[O-])CC1. The van der Waals surface area contributed by atoms with Crippen LogP contribution < -0.4 is 10.0 Å². The summed E-state index contributed by atoms with van der Waals surface area (Å²) in [5.41, 5.74) is 1.36. The second kappa shape index (κ2) is 4.97. The molecule has 88 valence electrons. The van der Waals surface area contributed by atoms with E-state index < -0.39 is 5.97 Å². The van der Waals surface area contributed by atoms with Crippen LogP contribution in [0.25, 0.3) is 0 Å². The van der Waals surface area contributed by atoms with Crippen LogP contribution in [0.5, 0.6) is 0 Å². The molecule has 0 amide bonds. The van der Waals surface area contributed by atoms with Gasteiger partial charge in [0.05, 0.1) is 18.0 Å². The van der Waals surface area contributed by atoms with E-state index in [1.165, 1.54) is 15.3 Å². The van der Waals surface area contributed by atoms with Gasteiger partial charge in [0, 0.05) is 24.7 Å². The zero-order valence-electron chi connectivity index (χ0n) is 9.49. The Kier molecular flexibility index (Phi) is 3.61. The van der Waals surface area contributed by atoms with Gasteiger partial charge < -0.3 is 14.8 Å². The molecule has 0 aromatic carbocycles. The number of hydrogen-bond donors (Lipinski definition) is 1. The Bertz CT molecular complexity index is 367. The Morgan fingerprint density at radius 1 is 1.56 bits per heavy atom. The molecule has 0 saturated carbocycles. The van der Waals surface area contributed by atoms with Crippen LogP contribution in [0.4, 0.5) is 0 Å². The van der Waals surface area contributed by atoms with Crippen molar-refractivity contribution in [2.45, 2.75) is 26.3 Å². The highest BCUT2D eigenvalue weighted by molar-refractivity contribution is 7.10. The largest absolute Gasteiger partial charge is 0.550 e. The van der Waals surface area contributed by atoms with Crippen molar-refractivity contribution in [3.8, 4) is 0 Å². The number of carboxylic acids is 1. The average Bonchev–Trinajstić information content (AvgIpc) is 2.65. The smallest absolute Gasteiger partial charge is 0.112 e. The monoisotopic (exact) mass is 239 g/mol. The molecule has 1 aromatic rings. The molecular formula is C12H17NO2S. The van der Waals surface area contributed by atoms with Gasteiger partial charge in [-0.25, -0.2) is 0 Å². The molecule has 16 heavy (non-hydrogen) atoms. The van der Waals surface area contributed by atoms with E-state index in [1.807, 2.05) is 0 Å². The van der Waals surface area contributed by atoms with Crippen LogP contribution in [-0.4, -0.2) is 19.1 Å². The number of aliphatic carboxylic acids is 1. The number of likely N-dealkylation sites (tertiary alicyclic amines) is 1. The maximum atomic E-state index is 10.7. The predicted octanol–water partition coefficient (Wildman–Crippen LogP) is -0.399. The Hall–Kier alpha value is -0.870. The third-order valence-electron chi connectivity index (χ3n) is 3.40. The van der Waals surface area contributed by atoms with Gasteiger partial charge >= 0.3 is 0 Å². The third-order valence-corrected chi connectivity index (χ3v) is 4.43. The number of piperidine rings is 1. The van der Waals surface area contributed by atoms with Crippen molar-refractivity contribution in [3.05, 3.63) is 21.9 Å². The number of quaternary nitrogens is 1. The molecule has 0 atom stereocenters. The summed E-state index contributed by atoms with van der Waals surface area (Å²) in [6, 6.07) is 2.15. The van der Waals surface area contributed by atoms with E-state index in [1.54, 1.807) is 11.3 Å². The Morgan fingerprint density at radius 3 is 2.75 bits per heavy atom. The summed E-state index contributed by atoms with van der Waals surface area (Å²) in [5.74, 6) is -1.08. The van der Waals surface area contributed by atoms with E-state index in [0.29, 0.717) is 0 Å². The molecule has 2 heterocycles. The summed E-state index contributed by atoms with van der Waals surface area (Å²) in [7, 11) is 0. The lowest BCUT2D eigenvalue weighted by molar-refractivity contribution is -0.919. The molecule has 1 N–H and O–H groups in total. The highest BCUT2D eigenvalue weighted by Gasteiger charge is 2.23. The van der Waals surface area contributed by atoms with Gasteiger partial charge in [-0.3, -0.25) is 0 Å². The lowest BCUT2D eigenvalue weighted by atomic mass is 9.97. The number of hydrogen-bond acceptors (Lipinski definition) is 3. The van der Waals surface area contributed by atoms with Crippen molar-refractivity contribution in [1.29, 1.82) is 0 Å². The van der Waals surface area contributed by atoms with Crippen LogP contribution in [0, 0.1) is 12.8 Å². The molecule has 1 saturated heterocycles. The summed E-state index contributed by atoms with van der Waals surface area (Å²) in [4.78, 5) is 13.6. The fourth-order valence-electron chi connectivity index (χ4n) is 2.25. The highest BCUT2D eigenvalue weighted by Crippen LogP contribution is 2.15. The van der Waals surface area contributed by atoms with Gasteiger partial charge in [0.1, 0.15) is 6.54 Å². The van der Waals surface area contributed by atoms with Gasteiger partial charge in [-0.1, -0.05) is 0 Å². The molecule has 0 unspecified atom stereocenters. The first-order chi connectivity index (χ1) is 7.66. The molecule has 0 bridgehead atoms. The maximum absolute atomic E-state index is 10.7. The van der Waals surface area contributed by atoms with Crippen LogP contribution in [0.3, 0.4) is 0 Å². The van der Waals surface area contributed by atoms with Gasteiger partial charge in [0.15, 0.2) is 0 Å². The van der Waals surface area contributed by atoms with Crippen molar-refractivity contribution in [2.24, 2.45) is 5.92 Å².